The first kappa shape index (κ1) is 21.6. The largest absolute Gasteiger partial charge is 0.343 e. The van der Waals surface area contributed by atoms with E-state index in [0.717, 1.165) is 64.7 Å². The van der Waals surface area contributed by atoms with Gasteiger partial charge >= 0.3 is 0 Å². The number of aromatic nitrogens is 2. The van der Waals surface area contributed by atoms with E-state index in [-0.39, 0.29) is 5.91 Å². The Hall–Kier alpha value is -2.63. The highest BCUT2D eigenvalue weighted by atomic mass is 16.2. The summed E-state index contributed by atoms with van der Waals surface area (Å²) >= 11 is 0. The van der Waals surface area contributed by atoms with Gasteiger partial charge in [0.25, 0.3) is 0 Å². The topological polar surface area (TPSA) is 58.4 Å². The van der Waals surface area contributed by atoms with Gasteiger partial charge in [-0.3, -0.25) is 14.3 Å². The molecule has 2 aromatic rings. The zero-order valence-electron chi connectivity index (χ0n) is 18.4. The fraction of sp³-hybridized carbons (Fsp3) is 0.560. The molecule has 1 aromatic carbocycles. The van der Waals surface area contributed by atoms with Crippen LogP contribution in [0.1, 0.15) is 44.1 Å². The molecule has 0 spiro atoms. The summed E-state index contributed by atoms with van der Waals surface area (Å²) in [6.45, 7) is 3.71. The minimum atomic E-state index is 0.136. The molecule has 3 heterocycles. The van der Waals surface area contributed by atoms with E-state index in [0.29, 0.717) is 30.7 Å². The van der Waals surface area contributed by atoms with Crippen molar-refractivity contribution in [1.29, 1.82) is 0 Å². The molecule has 2 aliphatic rings. The van der Waals surface area contributed by atoms with Crippen molar-refractivity contribution in [1.82, 2.24) is 19.6 Å². The predicted octanol–water partition coefficient (Wildman–Crippen LogP) is 3.38. The Kier molecular flexibility index (Phi) is 7.39. The summed E-state index contributed by atoms with van der Waals surface area (Å²) < 4.78 is 1.68. The fourth-order valence-electron chi connectivity index (χ4n) is 4.92. The lowest BCUT2D eigenvalue weighted by molar-refractivity contribution is -0.135. The van der Waals surface area contributed by atoms with Crippen LogP contribution < -0.4 is 0 Å². The van der Waals surface area contributed by atoms with Gasteiger partial charge < -0.3 is 9.80 Å². The Balaban J connectivity index is 1.12. The maximum Gasteiger partial charge on any atom is 0.244 e. The van der Waals surface area contributed by atoms with Crippen LogP contribution in [-0.2, 0) is 22.6 Å². The maximum atomic E-state index is 12.7. The number of amides is 2. The second-order valence-electron chi connectivity index (χ2n) is 9.08. The zero-order valence-corrected chi connectivity index (χ0v) is 18.4. The van der Waals surface area contributed by atoms with Gasteiger partial charge in [0.2, 0.25) is 11.8 Å². The molecule has 2 saturated heterocycles. The van der Waals surface area contributed by atoms with Gasteiger partial charge in [-0.2, -0.15) is 5.10 Å². The average molecular weight is 423 g/mol. The van der Waals surface area contributed by atoms with Crippen molar-refractivity contribution < 1.29 is 9.59 Å². The summed E-state index contributed by atoms with van der Waals surface area (Å²) in [5.41, 5.74) is 1.40. The SMILES string of the molecule is O=C(CCC1CCN(C(=O)Cn2cccn2)CC1)N1CCC(Cc2ccccc2)CC1. The number of piperidine rings is 2. The van der Waals surface area contributed by atoms with Crippen molar-refractivity contribution in [3.63, 3.8) is 0 Å². The summed E-state index contributed by atoms with van der Waals surface area (Å²) in [5.74, 6) is 1.69. The van der Waals surface area contributed by atoms with Crippen LogP contribution in [0, 0.1) is 11.8 Å². The highest BCUT2D eigenvalue weighted by molar-refractivity contribution is 5.76. The van der Waals surface area contributed by atoms with Crippen LogP contribution in [0.5, 0.6) is 0 Å². The van der Waals surface area contributed by atoms with Crippen molar-refractivity contribution in [3.8, 4) is 0 Å². The molecule has 0 saturated carbocycles. The average Bonchev–Trinajstić information content (AvgIpc) is 3.32. The molecule has 166 valence electrons. The fourth-order valence-corrected chi connectivity index (χ4v) is 4.92. The molecule has 0 aliphatic carbocycles. The normalized spacial score (nSPS) is 18.3. The molecule has 4 rings (SSSR count). The summed E-state index contributed by atoms with van der Waals surface area (Å²) in [7, 11) is 0. The minimum Gasteiger partial charge on any atom is -0.343 e. The van der Waals surface area contributed by atoms with Crippen LogP contribution >= 0.6 is 0 Å². The van der Waals surface area contributed by atoms with Crippen LogP contribution in [0.3, 0.4) is 0 Å². The van der Waals surface area contributed by atoms with Crippen molar-refractivity contribution in [2.24, 2.45) is 11.8 Å². The number of likely N-dealkylation sites (tertiary alicyclic amines) is 2. The molecule has 31 heavy (non-hydrogen) atoms. The lowest BCUT2D eigenvalue weighted by Gasteiger charge is -2.34. The van der Waals surface area contributed by atoms with Gasteiger partial charge in [-0.05, 0) is 62.0 Å². The molecule has 2 fully saturated rings. The van der Waals surface area contributed by atoms with Gasteiger partial charge in [-0.1, -0.05) is 30.3 Å². The molecular weight excluding hydrogens is 388 g/mol. The van der Waals surface area contributed by atoms with E-state index >= 15 is 0 Å². The smallest absolute Gasteiger partial charge is 0.244 e. The van der Waals surface area contributed by atoms with Crippen LogP contribution in [-0.4, -0.2) is 57.6 Å². The number of rotatable bonds is 7. The molecular formula is C25H34N4O2. The standard InChI is InChI=1S/C25H34N4O2/c30-24(27-17-11-23(12-18-27)19-22-5-2-1-3-6-22)8-7-21-9-15-28(16-10-21)25(31)20-29-14-4-13-26-29/h1-6,13-14,21,23H,7-12,15-20H2. The highest BCUT2D eigenvalue weighted by Gasteiger charge is 2.26. The summed E-state index contributed by atoms with van der Waals surface area (Å²) in [6.07, 6.45) is 10.5. The van der Waals surface area contributed by atoms with E-state index in [4.69, 9.17) is 0 Å². The quantitative estimate of drug-likeness (QED) is 0.687. The molecule has 1 aromatic heterocycles. The number of nitrogens with zero attached hydrogens (tertiary/aromatic N) is 4. The molecule has 0 atom stereocenters. The monoisotopic (exact) mass is 422 g/mol. The van der Waals surface area contributed by atoms with Gasteiger partial charge in [0.15, 0.2) is 0 Å². The molecule has 0 N–H and O–H groups in total. The third-order valence-electron chi connectivity index (χ3n) is 6.92. The first-order chi connectivity index (χ1) is 15.2. The predicted molar refractivity (Wildman–Crippen MR) is 120 cm³/mol. The highest BCUT2D eigenvalue weighted by Crippen LogP contribution is 2.25. The van der Waals surface area contributed by atoms with E-state index < -0.39 is 0 Å². The summed E-state index contributed by atoms with van der Waals surface area (Å²) in [6, 6.07) is 12.5. The van der Waals surface area contributed by atoms with Gasteiger partial charge in [0, 0.05) is 45.0 Å². The van der Waals surface area contributed by atoms with E-state index in [2.05, 4.69) is 40.3 Å². The first-order valence-electron chi connectivity index (χ1n) is 11.7. The van der Waals surface area contributed by atoms with Crippen molar-refractivity contribution >= 4 is 11.8 Å². The molecule has 2 aliphatic heterocycles. The van der Waals surface area contributed by atoms with Gasteiger partial charge in [0.1, 0.15) is 6.54 Å². The number of carbonyl (C=O) groups is 2. The number of hydrogen-bond acceptors (Lipinski definition) is 3. The minimum absolute atomic E-state index is 0.136. The maximum absolute atomic E-state index is 12.7. The summed E-state index contributed by atoms with van der Waals surface area (Å²) in [4.78, 5) is 29.1. The number of hydrogen-bond donors (Lipinski definition) is 0. The number of benzene rings is 1. The second-order valence-corrected chi connectivity index (χ2v) is 9.08. The van der Waals surface area contributed by atoms with Crippen molar-refractivity contribution in [2.75, 3.05) is 26.2 Å². The molecule has 0 unspecified atom stereocenters. The molecule has 0 radical (unpaired) electrons. The van der Waals surface area contributed by atoms with Crippen LogP contribution in [0.25, 0.3) is 0 Å². The van der Waals surface area contributed by atoms with Crippen molar-refractivity contribution in [3.05, 3.63) is 54.4 Å². The third-order valence-corrected chi connectivity index (χ3v) is 6.92. The lowest BCUT2D eigenvalue weighted by atomic mass is 9.89. The van der Waals surface area contributed by atoms with E-state index in [1.165, 1.54) is 5.56 Å². The second kappa shape index (κ2) is 10.6. The molecule has 6 nitrogen and oxygen atoms in total. The number of carbonyl (C=O) groups excluding carboxylic acids is 2. The first-order valence-corrected chi connectivity index (χ1v) is 11.7. The third kappa shape index (κ3) is 6.18. The van der Waals surface area contributed by atoms with Crippen LogP contribution in [0.15, 0.2) is 48.8 Å². The van der Waals surface area contributed by atoms with Gasteiger partial charge in [-0.15, -0.1) is 0 Å². The van der Waals surface area contributed by atoms with E-state index in [1.807, 2.05) is 17.2 Å². The van der Waals surface area contributed by atoms with E-state index in [9.17, 15) is 9.59 Å². The van der Waals surface area contributed by atoms with E-state index in [1.54, 1.807) is 10.9 Å². The molecule has 0 bridgehead atoms. The lowest BCUT2D eigenvalue weighted by Crippen LogP contribution is -2.41. The van der Waals surface area contributed by atoms with Gasteiger partial charge in [-0.25, -0.2) is 0 Å². The van der Waals surface area contributed by atoms with Crippen LogP contribution in [0.4, 0.5) is 0 Å². The van der Waals surface area contributed by atoms with Crippen molar-refractivity contribution in [2.45, 2.75) is 51.5 Å². The Morgan fingerprint density at radius 3 is 2.13 bits per heavy atom. The van der Waals surface area contributed by atoms with Crippen LogP contribution in [0.2, 0.25) is 0 Å². The molecule has 2 amide bonds. The molecule has 6 heteroatoms. The zero-order chi connectivity index (χ0) is 21.5. The van der Waals surface area contributed by atoms with Gasteiger partial charge in [0.05, 0.1) is 0 Å². The Labute approximate surface area is 185 Å². The summed E-state index contributed by atoms with van der Waals surface area (Å²) in [5, 5.41) is 4.11. The Morgan fingerprint density at radius 1 is 0.839 bits per heavy atom. The Morgan fingerprint density at radius 2 is 1.48 bits per heavy atom. The Bertz CT molecular complexity index is 820.